The van der Waals surface area contributed by atoms with Crippen LogP contribution in [0.3, 0.4) is 0 Å². The van der Waals surface area contributed by atoms with Crippen molar-refractivity contribution in [2.24, 2.45) is 16.8 Å². The van der Waals surface area contributed by atoms with Gasteiger partial charge < -0.3 is 34.3 Å². The molecule has 1 aliphatic heterocycles. The van der Waals surface area contributed by atoms with Gasteiger partial charge in [0.1, 0.15) is 11.1 Å². The van der Waals surface area contributed by atoms with Gasteiger partial charge in [-0.15, -0.1) is 0 Å². The van der Waals surface area contributed by atoms with Crippen LogP contribution in [-0.2, 0) is 33.3 Å². The summed E-state index contributed by atoms with van der Waals surface area (Å²) in [5, 5.41) is 4.10. The van der Waals surface area contributed by atoms with Gasteiger partial charge in [-0.2, -0.15) is 0 Å². The molecule has 0 aromatic rings. The van der Waals surface area contributed by atoms with E-state index in [1.54, 1.807) is 41.7 Å². The number of ether oxygens (including phenoxy) is 5. The summed E-state index contributed by atoms with van der Waals surface area (Å²) >= 11 is 0. The zero-order valence-electron chi connectivity index (χ0n) is 23.4. The number of carbonyl (C=O) groups excluding carboxylic acids is 2. The van der Waals surface area contributed by atoms with Gasteiger partial charge in [0.15, 0.2) is 18.4 Å². The van der Waals surface area contributed by atoms with E-state index < -0.39 is 29.5 Å². The Morgan fingerprint density at radius 3 is 2.38 bits per heavy atom. The molecule has 2 rings (SSSR count). The third kappa shape index (κ3) is 9.15. The quantitative estimate of drug-likeness (QED) is 0.0759. The van der Waals surface area contributed by atoms with E-state index in [2.05, 4.69) is 12.1 Å². The molecule has 1 aliphatic carbocycles. The fourth-order valence-electron chi connectivity index (χ4n) is 4.20. The Hall–Kier alpha value is -2.37. The molecule has 2 fully saturated rings. The summed E-state index contributed by atoms with van der Waals surface area (Å²) in [6, 6.07) is 0. The van der Waals surface area contributed by atoms with Crippen LogP contribution in [0, 0.1) is 5.92 Å². The molecule has 1 heterocycles. The van der Waals surface area contributed by atoms with E-state index in [-0.39, 0.29) is 24.5 Å². The zero-order chi connectivity index (χ0) is 27.6. The summed E-state index contributed by atoms with van der Waals surface area (Å²) in [7, 11) is 1.65. The third-order valence-electron chi connectivity index (χ3n) is 6.37. The summed E-state index contributed by atoms with van der Waals surface area (Å²) in [5.41, 5.74) is 4.86. The number of hydrogen-bond donors (Lipinski definition) is 1. The molecule has 0 aromatic carbocycles. The molecule has 1 amide bonds. The number of nitrogens with two attached hydrogens (primary N) is 1. The van der Waals surface area contributed by atoms with Crippen molar-refractivity contribution in [3.63, 3.8) is 0 Å². The molecule has 11 nitrogen and oxygen atoms in total. The number of likely N-dealkylation sites (N-methyl/N-ethyl adjacent to an activating group) is 1. The molecule has 11 heteroatoms. The predicted octanol–water partition coefficient (Wildman–Crippen LogP) is 4.05. The summed E-state index contributed by atoms with van der Waals surface area (Å²) in [5.74, 6) is -0.538. The first kappa shape index (κ1) is 30.9. The molecule has 2 aliphatic rings. The van der Waals surface area contributed by atoms with Crippen LogP contribution in [-0.4, -0.2) is 73.4 Å². The molecular formula is C26H45N3O8. The van der Waals surface area contributed by atoms with Crippen LogP contribution in [0.1, 0.15) is 80.1 Å². The van der Waals surface area contributed by atoms with E-state index in [1.807, 2.05) is 0 Å². The maximum atomic E-state index is 13.1. The molecule has 0 atom stereocenters. The first-order chi connectivity index (χ1) is 17.4. The number of unbranched alkanes of at least 4 members (excludes halogenated alkanes) is 1. The van der Waals surface area contributed by atoms with E-state index in [9.17, 15) is 9.59 Å². The largest absolute Gasteiger partial charge is 0.460 e. The maximum absolute atomic E-state index is 13.1. The van der Waals surface area contributed by atoms with Crippen molar-refractivity contribution in [3.8, 4) is 0 Å². The fourth-order valence-corrected chi connectivity index (χ4v) is 4.20. The molecule has 212 valence electrons. The van der Waals surface area contributed by atoms with E-state index in [0.29, 0.717) is 25.4 Å². The number of amides is 1. The highest BCUT2D eigenvalue weighted by molar-refractivity contribution is 5.93. The van der Waals surface area contributed by atoms with Gasteiger partial charge in [-0.3, -0.25) is 4.90 Å². The van der Waals surface area contributed by atoms with E-state index in [4.69, 9.17) is 34.3 Å². The number of esters is 1. The van der Waals surface area contributed by atoms with Crippen molar-refractivity contribution in [1.82, 2.24) is 4.90 Å². The van der Waals surface area contributed by atoms with Crippen molar-refractivity contribution in [1.29, 1.82) is 0 Å². The molecule has 0 spiro atoms. The molecule has 0 unspecified atom stereocenters. The van der Waals surface area contributed by atoms with Crippen LogP contribution in [0.4, 0.5) is 4.79 Å². The van der Waals surface area contributed by atoms with Gasteiger partial charge in [-0.25, -0.2) is 9.59 Å². The summed E-state index contributed by atoms with van der Waals surface area (Å²) in [6.07, 6.45) is 4.41. The van der Waals surface area contributed by atoms with Crippen molar-refractivity contribution >= 4 is 17.9 Å². The Labute approximate surface area is 220 Å². The van der Waals surface area contributed by atoms with Crippen LogP contribution in [0.2, 0.25) is 0 Å². The van der Waals surface area contributed by atoms with Gasteiger partial charge in [-0.1, -0.05) is 18.5 Å². The highest BCUT2D eigenvalue weighted by Gasteiger charge is 2.46. The highest BCUT2D eigenvalue weighted by Crippen LogP contribution is 2.37. The minimum atomic E-state index is -0.958. The minimum absolute atomic E-state index is 0.0604. The second-order valence-corrected chi connectivity index (χ2v) is 10.5. The molecule has 0 radical (unpaired) electrons. The van der Waals surface area contributed by atoms with Gasteiger partial charge in [0, 0.05) is 26.3 Å². The van der Waals surface area contributed by atoms with Gasteiger partial charge in [0.05, 0.1) is 6.61 Å². The Bertz CT molecular complexity index is 809. The van der Waals surface area contributed by atoms with Crippen molar-refractivity contribution in [2.45, 2.75) is 104 Å². The number of hydrogen-bond acceptors (Lipinski definition) is 9. The molecule has 37 heavy (non-hydrogen) atoms. The fraction of sp³-hybridized carbons (Fsp3) is 0.808. The van der Waals surface area contributed by atoms with Crippen molar-refractivity contribution in [3.05, 3.63) is 11.8 Å². The third-order valence-corrected chi connectivity index (χ3v) is 6.37. The Morgan fingerprint density at radius 1 is 1.19 bits per heavy atom. The van der Waals surface area contributed by atoms with Crippen molar-refractivity contribution < 1.29 is 38.1 Å². The van der Waals surface area contributed by atoms with E-state index in [1.165, 1.54) is 11.0 Å². The van der Waals surface area contributed by atoms with Gasteiger partial charge in [0.2, 0.25) is 5.76 Å². The second kappa shape index (κ2) is 14.0. The van der Waals surface area contributed by atoms with Crippen LogP contribution in [0.15, 0.2) is 17.0 Å². The SMILES string of the molecule is CCCCOCC1CCC(/C(N)=N/O/C(=C/C2OC(C)O2)C(=O)OCC)(N(C)C(=O)OC(C)(C)C)CC1. The Kier molecular flexibility index (Phi) is 11.6. The number of carbonyl (C=O) groups is 2. The lowest BCUT2D eigenvalue weighted by atomic mass is 9.75. The predicted molar refractivity (Wildman–Crippen MR) is 137 cm³/mol. The average Bonchev–Trinajstić information content (AvgIpc) is 2.81. The first-order valence-corrected chi connectivity index (χ1v) is 13.2. The molecular weight excluding hydrogens is 482 g/mol. The van der Waals surface area contributed by atoms with Crippen LogP contribution >= 0.6 is 0 Å². The summed E-state index contributed by atoms with van der Waals surface area (Å²) < 4.78 is 27.2. The van der Waals surface area contributed by atoms with Crippen LogP contribution < -0.4 is 5.73 Å². The van der Waals surface area contributed by atoms with Crippen molar-refractivity contribution in [2.75, 3.05) is 26.9 Å². The molecule has 1 saturated heterocycles. The average molecular weight is 528 g/mol. The number of rotatable bonds is 12. The molecule has 0 aromatic heterocycles. The number of nitrogens with zero attached hydrogens (tertiary/aromatic N) is 2. The van der Waals surface area contributed by atoms with E-state index in [0.717, 1.165) is 32.3 Å². The topological polar surface area (TPSA) is 131 Å². The smallest absolute Gasteiger partial charge is 0.410 e. The van der Waals surface area contributed by atoms with Crippen LogP contribution in [0.25, 0.3) is 0 Å². The monoisotopic (exact) mass is 527 g/mol. The van der Waals surface area contributed by atoms with E-state index >= 15 is 0 Å². The second-order valence-electron chi connectivity index (χ2n) is 10.5. The summed E-state index contributed by atoms with van der Waals surface area (Å²) in [6.45, 7) is 12.5. The lowest BCUT2D eigenvalue weighted by Gasteiger charge is -2.45. The number of amidine groups is 1. The van der Waals surface area contributed by atoms with Gasteiger partial charge >= 0.3 is 12.1 Å². The highest BCUT2D eigenvalue weighted by atomic mass is 16.9. The lowest BCUT2D eigenvalue weighted by molar-refractivity contribution is -0.355. The number of oxime groups is 1. The summed E-state index contributed by atoms with van der Waals surface area (Å²) in [4.78, 5) is 32.4. The Morgan fingerprint density at radius 2 is 1.84 bits per heavy atom. The molecule has 1 saturated carbocycles. The lowest BCUT2D eigenvalue weighted by Crippen LogP contribution is -2.60. The minimum Gasteiger partial charge on any atom is -0.460 e. The Balaban J connectivity index is 2.23. The van der Waals surface area contributed by atoms with Crippen LogP contribution in [0.5, 0.6) is 0 Å². The molecule has 2 N–H and O–H groups in total. The first-order valence-electron chi connectivity index (χ1n) is 13.2. The normalized spacial score (nSPS) is 26.7. The molecule has 0 bridgehead atoms. The zero-order valence-corrected chi connectivity index (χ0v) is 23.4. The standard InChI is InChI=1S/C26H45N3O8/c1-8-10-15-32-17-19-11-13-26(14-12-19,29(7)24(31)36-25(4,5)6)23(27)28-37-20(22(30)33-9-2)16-21-34-18(3)35-21/h16,18-19,21H,8-15,17H2,1-7H3,(H2,27,28)/b20-16+. The van der Waals surface area contributed by atoms with Gasteiger partial charge in [-0.05, 0) is 72.6 Å². The maximum Gasteiger partial charge on any atom is 0.410 e. The van der Waals surface area contributed by atoms with Gasteiger partial charge in [0.25, 0.3) is 0 Å².